The molecule has 5 nitrogen and oxygen atoms in total. The van der Waals surface area contributed by atoms with Crippen molar-refractivity contribution in [1.29, 1.82) is 0 Å². The molecule has 1 N–H and O–H groups in total. The molecule has 21 heavy (non-hydrogen) atoms. The van der Waals surface area contributed by atoms with E-state index in [2.05, 4.69) is 5.32 Å². The van der Waals surface area contributed by atoms with Crippen molar-refractivity contribution >= 4 is 5.91 Å². The van der Waals surface area contributed by atoms with Crippen molar-refractivity contribution in [1.82, 2.24) is 10.2 Å². The Bertz CT molecular complexity index is 462. The first-order valence-corrected chi connectivity index (χ1v) is 7.38. The quantitative estimate of drug-likeness (QED) is 0.869. The van der Waals surface area contributed by atoms with Crippen LogP contribution in [-0.4, -0.2) is 44.2 Å². The number of methoxy groups -OCH3 is 2. The summed E-state index contributed by atoms with van der Waals surface area (Å²) in [5.74, 6) is 1.69. The highest BCUT2D eigenvalue weighted by Gasteiger charge is 2.22. The van der Waals surface area contributed by atoms with Crippen molar-refractivity contribution in [2.45, 2.75) is 32.4 Å². The molecule has 1 atom stereocenters. The maximum Gasteiger partial charge on any atom is 0.239 e. The monoisotopic (exact) mass is 292 g/mol. The van der Waals surface area contributed by atoms with Crippen molar-refractivity contribution in [3.05, 3.63) is 23.8 Å². The Kier molecular flexibility index (Phi) is 5.44. The van der Waals surface area contributed by atoms with Gasteiger partial charge in [0.25, 0.3) is 0 Å². The molecule has 0 aromatic heterocycles. The molecule has 1 unspecified atom stereocenters. The van der Waals surface area contributed by atoms with E-state index in [0.717, 1.165) is 43.0 Å². The number of likely N-dealkylation sites (tertiary alicyclic amines) is 1. The molecule has 2 rings (SSSR count). The van der Waals surface area contributed by atoms with Gasteiger partial charge in [0.2, 0.25) is 5.91 Å². The Hall–Kier alpha value is -1.75. The Morgan fingerprint density at radius 3 is 2.29 bits per heavy atom. The van der Waals surface area contributed by atoms with Gasteiger partial charge in [-0.05, 0) is 37.5 Å². The summed E-state index contributed by atoms with van der Waals surface area (Å²) in [6.45, 7) is 4.29. The molecular weight excluding hydrogens is 268 g/mol. The van der Waals surface area contributed by atoms with Gasteiger partial charge in [0.1, 0.15) is 11.5 Å². The summed E-state index contributed by atoms with van der Waals surface area (Å²) < 4.78 is 10.5. The molecule has 0 saturated carbocycles. The van der Waals surface area contributed by atoms with E-state index in [1.54, 1.807) is 14.2 Å². The van der Waals surface area contributed by atoms with E-state index in [1.807, 2.05) is 30.0 Å². The van der Waals surface area contributed by atoms with E-state index in [-0.39, 0.29) is 11.9 Å². The number of nitrogens with zero attached hydrogens (tertiary/aromatic N) is 1. The fourth-order valence-corrected chi connectivity index (χ4v) is 2.54. The smallest absolute Gasteiger partial charge is 0.239 e. The maximum atomic E-state index is 12.2. The van der Waals surface area contributed by atoms with Crippen LogP contribution < -0.4 is 14.8 Å². The second-order valence-electron chi connectivity index (χ2n) is 5.36. The van der Waals surface area contributed by atoms with Crippen LogP contribution in [-0.2, 0) is 11.3 Å². The van der Waals surface area contributed by atoms with Crippen LogP contribution in [0.2, 0.25) is 0 Å². The highest BCUT2D eigenvalue weighted by Crippen LogP contribution is 2.22. The summed E-state index contributed by atoms with van der Waals surface area (Å²) >= 11 is 0. The van der Waals surface area contributed by atoms with Crippen LogP contribution in [0, 0.1) is 0 Å². The number of hydrogen-bond donors (Lipinski definition) is 1. The molecule has 0 bridgehead atoms. The lowest BCUT2D eigenvalue weighted by molar-refractivity contribution is -0.131. The topological polar surface area (TPSA) is 50.8 Å². The lowest BCUT2D eigenvalue weighted by Crippen LogP contribution is -2.43. The molecule has 1 aromatic carbocycles. The molecule has 1 fully saturated rings. The summed E-state index contributed by atoms with van der Waals surface area (Å²) in [5, 5.41) is 3.28. The zero-order chi connectivity index (χ0) is 15.2. The highest BCUT2D eigenvalue weighted by molar-refractivity contribution is 5.81. The van der Waals surface area contributed by atoms with Gasteiger partial charge in [-0.1, -0.05) is 0 Å². The average Bonchev–Trinajstić information content (AvgIpc) is 3.05. The minimum atomic E-state index is -0.180. The minimum absolute atomic E-state index is 0.180. The lowest BCUT2D eigenvalue weighted by Gasteiger charge is -2.21. The van der Waals surface area contributed by atoms with Crippen molar-refractivity contribution in [2.24, 2.45) is 0 Å². The van der Waals surface area contributed by atoms with E-state index in [9.17, 15) is 4.79 Å². The lowest BCUT2D eigenvalue weighted by atomic mass is 10.2. The number of nitrogens with one attached hydrogen (secondary N) is 1. The second kappa shape index (κ2) is 7.31. The van der Waals surface area contributed by atoms with Crippen LogP contribution in [0.1, 0.15) is 25.3 Å². The first-order chi connectivity index (χ1) is 10.1. The number of benzene rings is 1. The zero-order valence-corrected chi connectivity index (χ0v) is 13.0. The van der Waals surface area contributed by atoms with Gasteiger partial charge in [-0.3, -0.25) is 4.79 Å². The fourth-order valence-electron chi connectivity index (χ4n) is 2.54. The Balaban J connectivity index is 1.93. The highest BCUT2D eigenvalue weighted by atomic mass is 16.5. The van der Waals surface area contributed by atoms with Crippen molar-refractivity contribution in [2.75, 3.05) is 27.3 Å². The molecule has 116 valence electrons. The van der Waals surface area contributed by atoms with Gasteiger partial charge in [-0.25, -0.2) is 0 Å². The minimum Gasteiger partial charge on any atom is -0.497 e. The maximum absolute atomic E-state index is 12.2. The second-order valence-corrected chi connectivity index (χ2v) is 5.36. The van der Waals surface area contributed by atoms with Gasteiger partial charge in [0, 0.05) is 25.7 Å². The van der Waals surface area contributed by atoms with Crippen LogP contribution in [0.5, 0.6) is 11.5 Å². The van der Waals surface area contributed by atoms with E-state index in [1.165, 1.54) is 0 Å². The average molecular weight is 292 g/mol. The molecule has 0 radical (unpaired) electrons. The number of amides is 1. The van der Waals surface area contributed by atoms with Crippen LogP contribution in [0.25, 0.3) is 0 Å². The van der Waals surface area contributed by atoms with Gasteiger partial charge in [0.05, 0.1) is 20.3 Å². The molecule has 1 aliphatic heterocycles. The van der Waals surface area contributed by atoms with Gasteiger partial charge in [0.15, 0.2) is 0 Å². The SMILES string of the molecule is COc1cc(CNC(C)C(=O)N2CCCC2)cc(OC)c1. The first-order valence-electron chi connectivity index (χ1n) is 7.38. The molecule has 1 amide bonds. The van der Waals surface area contributed by atoms with Crippen LogP contribution in [0.4, 0.5) is 0 Å². The summed E-state index contributed by atoms with van der Waals surface area (Å²) in [4.78, 5) is 14.2. The Labute approximate surface area is 126 Å². The number of carbonyl (C=O) groups excluding carboxylic acids is 1. The van der Waals surface area contributed by atoms with Crippen LogP contribution in [0.3, 0.4) is 0 Å². The molecule has 1 heterocycles. The molecule has 0 aliphatic carbocycles. The third kappa shape index (κ3) is 4.11. The number of hydrogen-bond acceptors (Lipinski definition) is 4. The summed E-state index contributed by atoms with van der Waals surface area (Å²) in [5.41, 5.74) is 1.03. The van der Waals surface area contributed by atoms with Crippen LogP contribution in [0.15, 0.2) is 18.2 Å². The molecule has 1 aliphatic rings. The van der Waals surface area contributed by atoms with Crippen molar-refractivity contribution in [3.63, 3.8) is 0 Å². The molecular formula is C16H24N2O3. The third-order valence-electron chi connectivity index (χ3n) is 3.81. The predicted octanol–water partition coefficient (Wildman–Crippen LogP) is 1.80. The van der Waals surface area contributed by atoms with Gasteiger partial charge < -0.3 is 19.7 Å². The molecule has 0 spiro atoms. The summed E-state index contributed by atoms with van der Waals surface area (Å²) in [6.07, 6.45) is 2.23. The van der Waals surface area contributed by atoms with E-state index < -0.39 is 0 Å². The van der Waals surface area contributed by atoms with Gasteiger partial charge >= 0.3 is 0 Å². The standard InChI is InChI=1S/C16H24N2O3/c1-12(16(19)18-6-4-5-7-18)17-11-13-8-14(20-2)10-15(9-13)21-3/h8-10,12,17H,4-7,11H2,1-3H3. The Morgan fingerprint density at radius 2 is 1.76 bits per heavy atom. The predicted molar refractivity (Wildman–Crippen MR) is 81.7 cm³/mol. The van der Waals surface area contributed by atoms with Crippen LogP contribution >= 0.6 is 0 Å². The fraction of sp³-hybridized carbons (Fsp3) is 0.562. The van der Waals surface area contributed by atoms with Gasteiger partial charge in [-0.2, -0.15) is 0 Å². The first kappa shape index (κ1) is 15.6. The molecule has 5 heteroatoms. The number of ether oxygens (including phenoxy) is 2. The normalized spacial score (nSPS) is 15.9. The molecule has 1 aromatic rings. The number of rotatable bonds is 6. The third-order valence-corrected chi connectivity index (χ3v) is 3.81. The van der Waals surface area contributed by atoms with Gasteiger partial charge in [-0.15, -0.1) is 0 Å². The Morgan fingerprint density at radius 1 is 1.19 bits per heavy atom. The summed E-state index contributed by atoms with van der Waals surface area (Å²) in [6, 6.07) is 5.55. The molecule has 1 saturated heterocycles. The van der Waals surface area contributed by atoms with Crippen molar-refractivity contribution in [3.8, 4) is 11.5 Å². The van der Waals surface area contributed by atoms with E-state index in [4.69, 9.17) is 9.47 Å². The number of carbonyl (C=O) groups is 1. The van der Waals surface area contributed by atoms with E-state index >= 15 is 0 Å². The largest absolute Gasteiger partial charge is 0.497 e. The van der Waals surface area contributed by atoms with E-state index in [0.29, 0.717) is 6.54 Å². The summed E-state index contributed by atoms with van der Waals surface area (Å²) in [7, 11) is 3.26. The zero-order valence-electron chi connectivity index (χ0n) is 13.0. The van der Waals surface area contributed by atoms with Crippen molar-refractivity contribution < 1.29 is 14.3 Å².